The van der Waals surface area contributed by atoms with Crippen LogP contribution in [0, 0.1) is 5.41 Å². The van der Waals surface area contributed by atoms with Gasteiger partial charge in [0, 0.05) is 26.6 Å². The summed E-state index contributed by atoms with van der Waals surface area (Å²) in [5.41, 5.74) is 0.325. The number of piperidine rings is 1. The van der Waals surface area contributed by atoms with E-state index < -0.39 is 29.0 Å². The van der Waals surface area contributed by atoms with Gasteiger partial charge < -0.3 is 20.6 Å². The predicted molar refractivity (Wildman–Crippen MR) is 146 cm³/mol. The third-order valence-corrected chi connectivity index (χ3v) is 7.42. The molecule has 2 heterocycles. The van der Waals surface area contributed by atoms with E-state index in [1.807, 2.05) is 60.7 Å². The summed E-state index contributed by atoms with van der Waals surface area (Å²) in [5, 5.41) is 20.0. The SMILES string of the molecule is CN1N=C2CCN(C(=O)C(CCc3ccccc3)NC(=O)C(C)(C)NC(=O)O)CC2(Cc2ccccc2)C1=O. The number of amides is 4. The van der Waals surface area contributed by atoms with Crippen LogP contribution in [0.1, 0.15) is 37.8 Å². The third kappa shape index (κ3) is 6.10. The van der Waals surface area contributed by atoms with Gasteiger partial charge in [0.05, 0.1) is 5.71 Å². The standard InChI is InChI=1S/C29H35N5O5/c1-28(2,31-27(38)39)25(36)30-22(15-14-20-10-6-4-7-11-20)24(35)34-17-16-23-29(19-34,26(37)33(3)32-23)18-21-12-8-5-9-13-21/h4-13,22,31H,14-19H2,1-3H3,(H,30,36)(H,38,39). The minimum Gasteiger partial charge on any atom is -0.465 e. The Bertz CT molecular complexity index is 1260. The summed E-state index contributed by atoms with van der Waals surface area (Å²) < 4.78 is 0. The van der Waals surface area contributed by atoms with Crippen molar-refractivity contribution in [2.75, 3.05) is 20.1 Å². The number of benzene rings is 2. The molecule has 0 radical (unpaired) electrons. The van der Waals surface area contributed by atoms with Gasteiger partial charge in [-0.15, -0.1) is 0 Å². The maximum absolute atomic E-state index is 14.0. The second-order valence-electron chi connectivity index (χ2n) is 10.7. The first-order valence-electron chi connectivity index (χ1n) is 13.1. The van der Waals surface area contributed by atoms with E-state index in [1.54, 1.807) is 11.9 Å². The van der Waals surface area contributed by atoms with E-state index >= 15 is 0 Å². The number of rotatable bonds is 9. The Morgan fingerprint density at radius 2 is 1.67 bits per heavy atom. The van der Waals surface area contributed by atoms with Crippen LogP contribution < -0.4 is 10.6 Å². The highest BCUT2D eigenvalue weighted by Crippen LogP contribution is 2.38. The van der Waals surface area contributed by atoms with Crippen LogP contribution in [0.15, 0.2) is 65.8 Å². The summed E-state index contributed by atoms with van der Waals surface area (Å²) in [6.45, 7) is 3.41. The Morgan fingerprint density at radius 1 is 1.05 bits per heavy atom. The van der Waals surface area contributed by atoms with Gasteiger partial charge in [-0.25, -0.2) is 9.80 Å². The van der Waals surface area contributed by atoms with Gasteiger partial charge in [0.1, 0.15) is 17.0 Å². The molecule has 4 amide bonds. The zero-order valence-electron chi connectivity index (χ0n) is 22.5. The summed E-state index contributed by atoms with van der Waals surface area (Å²) >= 11 is 0. The molecule has 0 aliphatic carbocycles. The van der Waals surface area contributed by atoms with Crippen LogP contribution in [-0.2, 0) is 27.2 Å². The number of nitrogens with one attached hydrogen (secondary N) is 2. The molecule has 10 heteroatoms. The Morgan fingerprint density at radius 3 is 2.28 bits per heavy atom. The van der Waals surface area contributed by atoms with Crippen molar-refractivity contribution in [1.82, 2.24) is 20.5 Å². The number of hydrogen-bond donors (Lipinski definition) is 3. The van der Waals surface area contributed by atoms with E-state index in [0.29, 0.717) is 32.2 Å². The zero-order valence-corrected chi connectivity index (χ0v) is 22.5. The molecule has 1 fully saturated rings. The van der Waals surface area contributed by atoms with E-state index in [-0.39, 0.29) is 18.4 Å². The van der Waals surface area contributed by atoms with Gasteiger partial charge >= 0.3 is 6.09 Å². The van der Waals surface area contributed by atoms with Crippen molar-refractivity contribution in [3.05, 3.63) is 71.8 Å². The summed E-state index contributed by atoms with van der Waals surface area (Å²) in [6.07, 6.45) is 0.365. The molecular formula is C29H35N5O5. The van der Waals surface area contributed by atoms with Crippen molar-refractivity contribution in [1.29, 1.82) is 0 Å². The van der Waals surface area contributed by atoms with Crippen molar-refractivity contribution in [2.24, 2.45) is 10.5 Å². The molecule has 0 spiro atoms. The van der Waals surface area contributed by atoms with Crippen molar-refractivity contribution in [3.63, 3.8) is 0 Å². The van der Waals surface area contributed by atoms with E-state index in [4.69, 9.17) is 5.11 Å². The van der Waals surface area contributed by atoms with Crippen LogP contribution in [0.2, 0.25) is 0 Å². The van der Waals surface area contributed by atoms with Crippen molar-refractivity contribution >= 4 is 29.5 Å². The second-order valence-corrected chi connectivity index (χ2v) is 10.7. The van der Waals surface area contributed by atoms with Gasteiger partial charge in [-0.1, -0.05) is 60.7 Å². The molecule has 2 aliphatic rings. The number of nitrogens with zero attached hydrogens (tertiary/aromatic N) is 3. The minimum atomic E-state index is -1.45. The summed E-state index contributed by atoms with van der Waals surface area (Å²) in [6, 6.07) is 18.4. The number of carbonyl (C=O) groups excluding carboxylic acids is 3. The minimum absolute atomic E-state index is 0.150. The van der Waals surface area contributed by atoms with Crippen molar-refractivity contribution < 1.29 is 24.3 Å². The van der Waals surface area contributed by atoms with Crippen LogP contribution >= 0.6 is 0 Å². The molecule has 2 aromatic carbocycles. The Hall–Kier alpha value is -4.21. The van der Waals surface area contributed by atoms with Crippen LogP contribution in [-0.4, -0.2) is 76.3 Å². The summed E-state index contributed by atoms with van der Waals surface area (Å²) in [7, 11) is 1.63. The van der Waals surface area contributed by atoms with Gasteiger partial charge in [-0.05, 0) is 44.2 Å². The smallest absolute Gasteiger partial charge is 0.405 e. The average molecular weight is 534 g/mol. The molecule has 3 N–H and O–H groups in total. The molecule has 10 nitrogen and oxygen atoms in total. The van der Waals surface area contributed by atoms with Crippen molar-refractivity contribution in [2.45, 2.75) is 51.1 Å². The lowest BCUT2D eigenvalue weighted by atomic mass is 9.73. The number of hydrazone groups is 1. The Kier molecular flexibility index (Phi) is 8.03. The molecule has 39 heavy (non-hydrogen) atoms. The maximum Gasteiger partial charge on any atom is 0.405 e. The third-order valence-electron chi connectivity index (χ3n) is 7.42. The lowest BCUT2D eigenvalue weighted by Gasteiger charge is -2.41. The van der Waals surface area contributed by atoms with Gasteiger partial charge in [-0.2, -0.15) is 5.10 Å². The number of carboxylic acid groups (broad SMARTS) is 1. The predicted octanol–water partition coefficient (Wildman–Crippen LogP) is 2.44. The van der Waals surface area contributed by atoms with E-state index in [1.165, 1.54) is 18.9 Å². The lowest BCUT2D eigenvalue weighted by molar-refractivity contribution is -0.142. The molecule has 0 saturated carbocycles. The fraction of sp³-hybridized carbons (Fsp3) is 0.414. The highest BCUT2D eigenvalue weighted by atomic mass is 16.4. The first-order valence-corrected chi connectivity index (χ1v) is 13.1. The second kappa shape index (κ2) is 11.3. The number of aryl methyl sites for hydroxylation is 1. The first-order chi connectivity index (χ1) is 18.5. The van der Waals surface area contributed by atoms with Gasteiger partial charge in [0.2, 0.25) is 11.8 Å². The van der Waals surface area contributed by atoms with Crippen LogP contribution in [0.4, 0.5) is 4.79 Å². The quantitative estimate of drug-likeness (QED) is 0.456. The number of carbonyl (C=O) groups is 4. The topological polar surface area (TPSA) is 131 Å². The fourth-order valence-corrected chi connectivity index (χ4v) is 5.31. The average Bonchev–Trinajstić information content (AvgIpc) is 3.15. The van der Waals surface area contributed by atoms with Crippen LogP contribution in [0.25, 0.3) is 0 Å². The number of likely N-dealkylation sites (tertiary alicyclic amines) is 1. The zero-order chi connectivity index (χ0) is 28.2. The summed E-state index contributed by atoms with van der Waals surface area (Å²) in [4.78, 5) is 53.4. The molecular weight excluding hydrogens is 498 g/mol. The van der Waals surface area contributed by atoms with Crippen molar-refractivity contribution in [3.8, 4) is 0 Å². The highest BCUT2D eigenvalue weighted by molar-refractivity contribution is 6.13. The fourth-order valence-electron chi connectivity index (χ4n) is 5.31. The first kappa shape index (κ1) is 27.8. The maximum atomic E-state index is 14.0. The molecule has 2 aliphatic heterocycles. The normalized spacial score (nSPS) is 19.7. The molecule has 0 bridgehead atoms. The molecule has 2 atom stereocenters. The molecule has 2 unspecified atom stereocenters. The van der Waals surface area contributed by atoms with Crippen LogP contribution in [0.5, 0.6) is 0 Å². The molecule has 1 saturated heterocycles. The van der Waals surface area contributed by atoms with E-state index in [0.717, 1.165) is 16.8 Å². The number of fused-ring (bicyclic) bond motifs is 1. The summed E-state index contributed by atoms with van der Waals surface area (Å²) in [5.74, 6) is -1.07. The molecule has 4 rings (SSSR count). The van der Waals surface area contributed by atoms with Gasteiger partial charge in [0.25, 0.3) is 5.91 Å². The Labute approximate surface area is 228 Å². The van der Waals surface area contributed by atoms with E-state index in [2.05, 4.69) is 15.7 Å². The van der Waals surface area contributed by atoms with Gasteiger partial charge in [-0.3, -0.25) is 14.4 Å². The highest BCUT2D eigenvalue weighted by Gasteiger charge is 2.54. The molecule has 0 aromatic heterocycles. The monoisotopic (exact) mass is 533 g/mol. The van der Waals surface area contributed by atoms with Gasteiger partial charge in [0.15, 0.2) is 0 Å². The molecule has 2 aromatic rings. The largest absolute Gasteiger partial charge is 0.465 e. The van der Waals surface area contributed by atoms with Crippen LogP contribution in [0.3, 0.4) is 0 Å². The molecule has 206 valence electrons. The number of hydrogen-bond acceptors (Lipinski definition) is 5. The lowest BCUT2D eigenvalue weighted by Crippen LogP contribution is -2.61. The van der Waals surface area contributed by atoms with E-state index in [9.17, 15) is 19.2 Å². The Balaban J connectivity index is 1.59.